The summed E-state index contributed by atoms with van der Waals surface area (Å²) in [5.74, 6) is -5.65. The third-order valence-corrected chi connectivity index (χ3v) is 10.2. The van der Waals surface area contributed by atoms with Crippen molar-refractivity contribution in [3.05, 3.63) is 70.5 Å². The third kappa shape index (κ3) is 14.9. The van der Waals surface area contributed by atoms with Crippen LogP contribution in [0.15, 0.2) is 56.9 Å². The molecule has 67 heavy (non-hydrogen) atoms. The van der Waals surface area contributed by atoms with Gasteiger partial charge in [0.1, 0.15) is 10.0 Å². The van der Waals surface area contributed by atoms with Gasteiger partial charge in [-0.25, -0.2) is 9.97 Å². The standard InChI is InChI=1S/C36H32N17O7S2.5K/c1-35(2,3)21-19(42-46-33-48-44-25(61-33)14-8-7-9-16(12-14)27(54)55)23(37)52(50-21)30-39-31(41-32(60)40-30)53-24(38)20(22(51-53)36(4,5)6)43-47-34-49-45-26(62-34)15-10-11-17(28(56)57)18(13-15)29(58)59;;;;;/h7-8,10-13H,37-38H2,1-6H3,(H,54,55)(H,56,57)(H,58,59)(H,39,40,41,60);;;;;/q-1;5*+1/p-4. The number of carboxylic acids is 3. The maximum Gasteiger partial charge on any atom is 1.00 e. The Morgan fingerprint density at radius 2 is 1.06 bits per heavy atom. The van der Waals surface area contributed by atoms with Crippen LogP contribution in [-0.4, -0.2) is 72.8 Å². The number of nitrogen functional groups attached to an aromatic ring is 2. The summed E-state index contributed by atoms with van der Waals surface area (Å²) in [6, 6.07) is 9.42. The fourth-order valence-corrected chi connectivity index (χ4v) is 6.88. The number of hydrogen-bond donors (Lipinski definition) is 2. The first kappa shape index (κ1) is 63.3. The first-order chi connectivity index (χ1) is 29.2. The van der Waals surface area contributed by atoms with Crippen molar-refractivity contribution < 1.29 is 292 Å². The van der Waals surface area contributed by atoms with E-state index in [4.69, 9.17) is 11.5 Å². The largest absolute Gasteiger partial charge is 1.00 e. The Labute approximate surface area is 601 Å². The number of carbonyl (C=O) groups is 3. The van der Waals surface area contributed by atoms with Crippen molar-refractivity contribution in [2.45, 2.75) is 52.4 Å². The van der Waals surface area contributed by atoms with Gasteiger partial charge in [0.2, 0.25) is 0 Å². The zero-order valence-corrected chi connectivity index (χ0v) is 55.2. The molecule has 0 spiro atoms. The predicted molar refractivity (Wildman–Crippen MR) is 211 cm³/mol. The summed E-state index contributed by atoms with van der Waals surface area (Å²) in [5.41, 5.74) is 12.0. The number of carbonyl (C=O) groups excluding carboxylic acids is 3. The summed E-state index contributed by atoms with van der Waals surface area (Å²) in [5, 5.41) is 90.3. The molecular weight excluding hydrogens is 1040 g/mol. The van der Waals surface area contributed by atoms with Crippen LogP contribution in [0.1, 0.15) is 84.0 Å². The minimum atomic E-state index is -1.72. The first-order valence-electron chi connectivity index (χ1n) is 17.7. The molecule has 0 amide bonds. The topological polar surface area (TPSA) is 371 Å². The van der Waals surface area contributed by atoms with E-state index >= 15 is 0 Å². The molecule has 0 bridgehead atoms. The van der Waals surface area contributed by atoms with E-state index in [0.29, 0.717) is 22.0 Å². The summed E-state index contributed by atoms with van der Waals surface area (Å²) >= 11 is 1.94. The molecule has 0 saturated heterocycles. The summed E-state index contributed by atoms with van der Waals surface area (Å²) < 4.78 is 2.17. The number of hydrogen-bond acceptors (Lipinski definition) is 24. The molecule has 4 N–H and O–H groups in total. The molecule has 7 rings (SSSR count). The van der Waals surface area contributed by atoms with Crippen LogP contribution in [-0.2, 0) is 10.8 Å². The van der Waals surface area contributed by atoms with Crippen LogP contribution in [0.25, 0.3) is 33.0 Å². The van der Waals surface area contributed by atoms with E-state index in [0.717, 1.165) is 44.2 Å². The molecule has 0 atom stereocenters. The molecule has 316 valence electrons. The molecule has 7 aromatic rings. The van der Waals surface area contributed by atoms with Crippen molar-refractivity contribution in [3.8, 4) is 39.0 Å². The van der Waals surface area contributed by atoms with Gasteiger partial charge in [-0.3, -0.25) is 0 Å². The van der Waals surface area contributed by atoms with E-state index < -0.39 is 45.9 Å². The Morgan fingerprint density at radius 3 is 1.48 bits per heavy atom. The van der Waals surface area contributed by atoms with Crippen molar-refractivity contribution in [3.63, 3.8) is 0 Å². The second-order valence-electron chi connectivity index (χ2n) is 15.0. The summed E-state index contributed by atoms with van der Waals surface area (Å²) in [7, 11) is 0. The van der Waals surface area contributed by atoms with Crippen LogP contribution in [0.5, 0.6) is 6.01 Å². The fourth-order valence-electron chi connectivity index (χ4n) is 5.56. The van der Waals surface area contributed by atoms with Crippen molar-refractivity contribution in [1.82, 2.24) is 54.9 Å². The van der Waals surface area contributed by atoms with Gasteiger partial charge in [0, 0.05) is 27.5 Å². The molecule has 0 aliphatic heterocycles. The maximum atomic E-state index is 13.0. The van der Waals surface area contributed by atoms with Crippen LogP contribution in [0, 0.1) is 6.07 Å². The average molecular weight is 1070 g/mol. The Bertz CT molecular complexity index is 3020. The molecule has 0 saturated carbocycles. The molecule has 0 fully saturated rings. The normalized spacial score (nSPS) is 11.3. The average Bonchev–Trinajstić information content (AvgIpc) is 4.01. The number of nitrogens with zero attached hydrogens (tertiary/aromatic N) is 15. The number of nitrogens with two attached hydrogens (primary N) is 2. The number of carboxylic acid groups (broad SMARTS) is 3. The van der Waals surface area contributed by atoms with Crippen molar-refractivity contribution in [1.29, 1.82) is 0 Å². The van der Waals surface area contributed by atoms with Crippen LogP contribution < -0.4 is 289 Å². The molecule has 0 radical (unpaired) electrons. The molecule has 0 unspecified atom stereocenters. The number of rotatable bonds is 11. The zero-order chi connectivity index (χ0) is 44.8. The van der Waals surface area contributed by atoms with Gasteiger partial charge in [-0.1, -0.05) is 81.9 Å². The van der Waals surface area contributed by atoms with Crippen LogP contribution in [0.3, 0.4) is 0 Å². The smallest absolute Gasteiger partial charge is 0.844 e. The van der Waals surface area contributed by atoms with E-state index in [1.54, 1.807) is 6.07 Å². The van der Waals surface area contributed by atoms with E-state index in [-0.39, 0.29) is 318 Å². The Kier molecular flexibility index (Phi) is 25.0. The number of azo groups is 2. The number of benzene rings is 2. The molecule has 0 aliphatic carbocycles. The molecular formula is C36H28K5N17O7S2. The van der Waals surface area contributed by atoms with E-state index in [2.05, 4.69) is 72.1 Å². The molecule has 31 heteroatoms. The Hall–Kier alpha value is 0.182. The molecule has 5 aromatic heterocycles. The maximum absolute atomic E-state index is 13.0. The number of anilines is 2. The number of aromatic nitrogens is 11. The Balaban J connectivity index is 0.00000308. The van der Waals surface area contributed by atoms with Gasteiger partial charge in [0.25, 0.3) is 22.2 Å². The van der Waals surface area contributed by atoms with Crippen molar-refractivity contribution >= 4 is 73.9 Å². The summed E-state index contributed by atoms with van der Waals surface area (Å²) in [6.45, 7) is 11.0. The summed E-state index contributed by atoms with van der Waals surface area (Å²) in [6.07, 6.45) is 0. The van der Waals surface area contributed by atoms with Gasteiger partial charge in [-0.2, -0.15) is 24.5 Å². The van der Waals surface area contributed by atoms with Crippen molar-refractivity contribution in [2.24, 2.45) is 20.5 Å². The van der Waals surface area contributed by atoms with Crippen LogP contribution in [0.4, 0.5) is 33.3 Å². The second-order valence-corrected chi connectivity index (χ2v) is 16.9. The zero-order valence-electron chi connectivity index (χ0n) is 38.0. The third-order valence-electron chi connectivity index (χ3n) is 8.46. The number of aromatic carboxylic acids is 3. The molecule has 5 heterocycles. The second kappa shape index (κ2) is 26.4. The van der Waals surface area contributed by atoms with Crippen LogP contribution in [0.2, 0.25) is 0 Å². The van der Waals surface area contributed by atoms with Gasteiger partial charge in [0.05, 0.1) is 29.3 Å². The SMILES string of the molecule is CC(C)(C)c1nn(-c2nc([O-])nc(-n3nc(C(C)(C)C)c(N=Nc4nnc(-c5ccc(C(=O)[O-])c(C(=O)[O-])c5)s4)c3N)n2)c(N)c1N=Nc1nnc(-c2cc[c-]c(C(=O)[O-])c2)s1.[K+].[K+].[K+].[K+].[K+]. The minimum absolute atomic E-state index is 0. The minimum Gasteiger partial charge on any atom is -0.844 e. The van der Waals surface area contributed by atoms with E-state index in [1.165, 1.54) is 18.2 Å². The first-order valence-corrected chi connectivity index (χ1v) is 19.4. The predicted octanol–water partition coefficient (Wildman–Crippen LogP) is -13.1. The molecule has 24 nitrogen and oxygen atoms in total. The van der Waals surface area contributed by atoms with Gasteiger partial charge in [0.15, 0.2) is 23.0 Å². The van der Waals surface area contributed by atoms with Gasteiger partial charge >= 0.3 is 257 Å². The van der Waals surface area contributed by atoms with E-state index in [1.807, 2.05) is 41.5 Å². The monoisotopic (exact) mass is 1070 g/mol. The van der Waals surface area contributed by atoms with Crippen LogP contribution >= 0.6 is 22.7 Å². The Morgan fingerprint density at radius 1 is 0.612 bits per heavy atom. The molecule has 2 aromatic carbocycles. The van der Waals surface area contributed by atoms with Gasteiger partial charge in [-0.05, 0) is 12.0 Å². The quantitative estimate of drug-likeness (QED) is 0.0690. The molecule has 0 aliphatic rings. The van der Waals surface area contributed by atoms with Crippen molar-refractivity contribution in [2.75, 3.05) is 11.5 Å². The van der Waals surface area contributed by atoms with Gasteiger partial charge in [-0.15, -0.1) is 70.7 Å². The van der Waals surface area contributed by atoms with E-state index in [9.17, 15) is 34.8 Å². The fraction of sp³-hybridized carbons (Fsp3) is 0.222. The van der Waals surface area contributed by atoms with Gasteiger partial charge < -0.3 is 46.3 Å². The summed E-state index contributed by atoms with van der Waals surface area (Å²) in [4.78, 5) is 46.5.